The van der Waals surface area contributed by atoms with E-state index in [9.17, 15) is 25.0 Å². The first kappa shape index (κ1) is 23.8. The highest BCUT2D eigenvalue weighted by molar-refractivity contribution is 9.10. The lowest BCUT2D eigenvalue weighted by Crippen LogP contribution is -2.16. The third kappa shape index (κ3) is 5.52. The van der Waals surface area contributed by atoms with Gasteiger partial charge >= 0.3 is 17.6 Å². The monoisotopic (exact) mass is 522 g/mol. The van der Waals surface area contributed by atoms with E-state index in [-0.39, 0.29) is 49.3 Å². The number of ether oxygens (including phenoxy) is 2. The topological polar surface area (TPSA) is 157 Å². The summed E-state index contributed by atoms with van der Waals surface area (Å²) in [6.07, 6.45) is 2.31. The van der Waals surface area contributed by atoms with E-state index in [1.54, 1.807) is 26.0 Å². The van der Waals surface area contributed by atoms with Crippen LogP contribution in [0.2, 0.25) is 0 Å². The van der Waals surface area contributed by atoms with Crippen molar-refractivity contribution >= 4 is 33.5 Å². The first-order valence-corrected chi connectivity index (χ1v) is 10.4. The Morgan fingerprint density at radius 1 is 1.00 bits per heavy atom. The van der Waals surface area contributed by atoms with Crippen LogP contribution in [-0.2, 0) is 17.8 Å². The average molecular weight is 523 g/mol. The molecule has 0 aliphatic rings. The van der Waals surface area contributed by atoms with Crippen LogP contribution in [0.25, 0.3) is 0 Å². The van der Waals surface area contributed by atoms with Crippen molar-refractivity contribution in [2.24, 2.45) is 0 Å². The highest BCUT2D eigenvalue weighted by Crippen LogP contribution is 2.25. The quantitative estimate of drug-likeness (QED) is 0.221. The van der Waals surface area contributed by atoms with Gasteiger partial charge in [-0.3, -0.25) is 0 Å². The summed E-state index contributed by atoms with van der Waals surface area (Å²) < 4.78 is 14.4. The van der Waals surface area contributed by atoms with Crippen LogP contribution < -0.4 is 4.74 Å². The van der Waals surface area contributed by atoms with Crippen LogP contribution in [-0.4, -0.2) is 48.1 Å². The summed E-state index contributed by atoms with van der Waals surface area (Å²) in [4.78, 5) is 41.5. The van der Waals surface area contributed by atoms with Crippen molar-refractivity contribution < 1.29 is 24.1 Å². The SMILES string of the molecule is Cc1ncc([N+](=O)[O-])n1CCOC(=O)c1ccc(Br)cc1OCCn1c([N+](=O)[O-])cnc1C. The molecule has 174 valence electrons. The van der Waals surface area contributed by atoms with Gasteiger partial charge in [0.1, 0.15) is 50.0 Å². The lowest BCUT2D eigenvalue weighted by molar-refractivity contribution is -0.392. The Balaban J connectivity index is 1.65. The molecule has 33 heavy (non-hydrogen) atoms. The third-order valence-electron chi connectivity index (χ3n) is 4.73. The Bertz CT molecular complexity index is 1210. The van der Waals surface area contributed by atoms with Crippen LogP contribution in [0.1, 0.15) is 22.0 Å². The summed E-state index contributed by atoms with van der Waals surface area (Å²) in [6, 6.07) is 4.73. The van der Waals surface area contributed by atoms with E-state index in [2.05, 4.69) is 25.9 Å². The molecule has 3 rings (SSSR count). The molecule has 0 saturated carbocycles. The number of nitro groups is 2. The Morgan fingerprint density at radius 2 is 1.55 bits per heavy atom. The van der Waals surface area contributed by atoms with E-state index >= 15 is 0 Å². The minimum atomic E-state index is -0.678. The second kappa shape index (κ2) is 10.2. The molecule has 0 radical (unpaired) electrons. The number of rotatable bonds is 10. The van der Waals surface area contributed by atoms with Crippen molar-refractivity contribution in [2.75, 3.05) is 13.2 Å². The Labute approximate surface area is 195 Å². The minimum Gasteiger partial charge on any atom is -0.489 e. The number of imidazole rings is 2. The van der Waals surface area contributed by atoms with Gasteiger partial charge in [-0.2, -0.15) is 0 Å². The summed E-state index contributed by atoms with van der Waals surface area (Å²) in [5, 5.41) is 22.2. The smallest absolute Gasteiger partial charge is 0.342 e. The number of aromatic nitrogens is 4. The zero-order valence-corrected chi connectivity index (χ0v) is 19.2. The van der Waals surface area contributed by atoms with Gasteiger partial charge in [-0.15, -0.1) is 0 Å². The van der Waals surface area contributed by atoms with Crippen LogP contribution in [0, 0.1) is 34.1 Å². The maximum atomic E-state index is 12.6. The van der Waals surface area contributed by atoms with Crippen LogP contribution in [0.3, 0.4) is 0 Å². The van der Waals surface area contributed by atoms with E-state index in [1.165, 1.54) is 21.4 Å². The highest BCUT2D eigenvalue weighted by Gasteiger charge is 2.21. The molecule has 2 heterocycles. The molecule has 0 bridgehead atoms. The molecule has 0 atom stereocenters. The molecule has 0 spiro atoms. The third-order valence-corrected chi connectivity index (χ3v) is 5.22. The van der Waals surface area contributed by atoms with Gasteiger partial charge in [0.05, 0.1) is 0 Å². The fraction of sp³-hybridized carbons (Fsp3) is 0.316. The number of carbonyl (C=O) groups is 1. The molecule has 0 aliphatic heterocycles. The molecule has 13 nitrogen and oxygen atoms in total. The molecule has 1 aromatic carbocycles. The number of aryl methyl sites for hydroxylation is 2. The predicted octanol–water partition coefficient (Wildman–Crippen LogP) is 3.21. The second-order valence-corrected chi connectivity index (χ2v) is 7.69. The van der Waals surface area contributed by atoms with Gasteiger partial charge in [0.25, 0.3) is 0 Å². The molecule has 0 fully saturated rings. The number of nitrogens with zero attached hydrogens (tertiary/aromatic N) is 6. The average Bonchev–Trinajstić information content (AvgIpc) is 3.31. The first-order chi connectivity index (χ1) is 15.7. The standard InChI is InChI=1S/C19H19BrN6O7/c1-12-21-10-17(25(28)29)23(12)5-7-32-16-9-14(20)3-4-15(16)19(27)33-8-6-24-13(2)22-11-18(24)26(30)31/h3-4,9-11H,5-8H2,1-2H3. The number of hydrogen-bond acceptors (Lipinski definition) is 9. The fourth-order valence-corrected chi connectivity index (χ4v) is 3.44. The molecule has 3 aromatic rings. The number of carbonyl (C=O) groups excluding carboxylic acids is 1. The molecular formula is C19H19BrN6O7. The van der Waals surface area contributed by atoms with E-state index in [0.717, 1.165) is 6.20 Å². The summed E-state index contributed by atoms with van der Waals surface area (Å²) >= 11 is 3.32. The lowest BCUT2D eigenvalue weighted by atomic mass is 10.2. The normalized spacial score (nSPS) is 10.8. The summed E-state index contributed by atoms with van der Waals surface area (Å²) in [5.41, 5.74) is 0.145. The van der Waals surface area contributed by atoms with Gasteiger partial charge < -0.3 is 29.7 Å². The van der Waals surface area contributed by atoms with E-state index in [4.69, 9.17) is 9.47 Å². The Morgan fingerprint density at radius 3 is 2.09 bits per heavy atom. The zero-order valence-electron chi connectivity index (χ0n) is 17.6. The van der Waals surface area contributed by atoms with Crippen LogP contribution in [0.4, 0.5) is 11.6 Å². The van der Waals surface area contributed by atoms with E-state index < -0.39 is 15.8 Å². The van der Waals surface area contributed by atoms with Crippen molar-refractivity contribution in [2.45, 2.75) is 26.9 Å². The van der Waals surface area contributed by atoms with Crippen molar-refractivity contribution in [1.29, 1.82) is 0 Å². The van der Waals surface area contributed by atoms with Gasteiger partial charge in [0, 0.05) is 18.3 Å². The molecule has 0 aliphatic carbocycles. The van der Waals surface area contributed by atoms with Crippen molar-refractivity contribution in [1.82, 2.24) is 19.1 Å². The first-order valence-electron chi connectivity index (χ1n) is 9.61. The Kier molecular flexibility index (Phi) is 7.37. The summed E-state index contributed by atoms with van der Waals surface area (Å²) in [7, 11) is 0. The second-order valence-electron chi connectivity index (χ2n) is 6.77. The highest BCUT2D eigenvalue weighted by atomic mass is 79.9. The van der Waals surface area contributed by atoms with Gasteiger partial charge in [-0.1, -0.05) is 15.9 Å². The molecule has 0 amide bonds. The van der Waals surface area contributed by atoms with E-state index in [1.807, 2.05) is 0 Å². The van der Waals surface area contributed by atoms with Crippen molar-refractivity contribution in [3.8, 4) is 5.75 Å². The maximum absolute atomic E-state index is 12.6. The molecule has 0 saturated heterocycles. The van der Waals surface area contributed by atoms with Gasteiger partial charge in [0.15, 0.2) is 11.6 Å². The number of esters is 1. The Hall–Kier alpha value is -3.81. The lowest BCUT2D eigenvalue weighted by Gasteiger charge is -2.12. The zero-order chi connectivity index (χ0) is 24.1. The molecule has 2 aromatic heterocycles. The maximum Gasteiger partial charge on any atom is 0.342 e. The largest absolute Gasteiger partial charge is 0.489 e. The molecular weight excluding hydrogens is 504 g/mol. The molecule has 14 heteroatoms. The van der Waals surface area contributed by atoms with Crippen LogP contribution in [0.15, 0.2) is 35.1 Å². The predicted molar refractivity (Wildman–Crippen MR) is 117 cm³/mol. The minimum absolute atomic E-state index is 0.0369. The molecule has 0 N–H and O–H groups in total. The van der Waals surface area contributed by atoms with Crippen molar-refractivity contribution in [3.05, 3.63) is 72.5 Å². The number of hydrogen-bond donors (Lipinski definition) is 0. The van der Waals surface area contributed by atoms with Crippen LogP contribution >= 0.6 is 15.9 Å². The van der Waals surface area contributed by atoms with Crippen LogP contribution in [0.5, 0.6) is 5.75 Å². The number of halogens is 1. The molecule has 0 unspecified atom stereocenters. The van der Waals surface area contributed by atoms with Gasteiger partial charge in [0.2, 0.25) is 0 Å². The van der Waals surface area contributed by atoms with E-state index in [0.29, 0.717) is 16.1 Å². The van der Waals surface area contributed by atoms with Crippen molar-refractivity contribution in [3.63, 3.8) is 0 Å². The number of benzene rings is 1. The summed E-state index contributed by atoms with van der Waals surface area (Å²) in [6.45, 7) is 3.38. The van der Waals surface area contributed by atoms with Gasteiger partial charge in [-0.05, 0) is 28.0 Å². The fourth-order valence-electron chi connectivity index (χ4n) is 3.10. The summed E-state index contributed by atoms with van der Waals surface area (Å²) in [5.74, 6) is 0.0774. The van der Waals surface area contributed by atoms with Gasteiger partial charge in [-0.25, -0.2) is 23.9 Å².